The molecule has 1 fully saturated rings. The third-order valence-electron chi connectivity index (χ3n) is 5.97. The Balaban J connectivity index is 1.59. The number of aromatic nitrogens is 5. The second-order valence-electron chi connectivity index (χ2n) is 8.51. The van der Waals surface area contributed by atoms with Crippen molar-refractivity contribution in [3.8, 4) is 0 Å². The van der Waals surface area contributed by atoms with Gasteiger partial charge >= 0.3 is 5.97 Å². The van der Waals surface area contributed by atoms with Gasteiger partial charge < -0.3 is 14.5 Å². The fraction of sp³-hybridized carbons (Fsp3) is 0.522. The number of esters is 1. The van der Waals surface area contributed by atoms with Crippen molar-refractivity contribution in [1.29, 1.82) is 0 Å². The summed E-state index contributed by atoms with van der Waals surface area (Å²) in [5.74, 6) is 0.137. The Morgan fingerprint density at radius 2 is 2.09 bits per heavy atom. The van der Waals surface area contributed by atoms with E-state index in [2.05, 4.69) is 38.4 Å². The summed E-state index contributed by atoms with van der Waals surface area (Å²) in [5, 5.41) is 12.8. The Kier molecular flexibility index (Phi) is 7.14. The van der Waals surface area contributed by atoms with Crippen molar-refractivity contribution in [3.63, 3.8) is 0 Å². The van der Waals surface area contributed by atoms with E-state index in [1.54, 1.807) is 6.92 Å². The van der Waals surface area contributed by atoms with E-state index >= 15 is 0 Å². The van der Waals surface area contributed by atoms with Gasteiger partial charge in [0.25, 0.3) is 5.56 Å². The number of nitrogens with one attached hydrogen (secondary N) is 1. The van der Waals surface area contributed by atoms with Gasteiger partial charge in [-0.25, -0.2) is 4.68 Å². The zero-order valence-corrected chi connectivity index (χ0v) is 19.3. The second-order valence-corrected chi connectivity index (χ2v) is 8.51. The van der Waals surface area contributed by atoms with E-state index in [0.717, 1.165) is 35.9 Å². The maximum atomic E-state index is 12.9. The summed E-state index contributed by atoms with van der Waals surface area (Å²) in [6.45, 7) is 8.25. The van der Waals surface area contributed by atoms with Crippen LogP contribution in [0.25, 0.3) is 10.9 Å². The number of pyridine rings is 1. The molecule has 0 amide bonds. The molecular formula is C23H30N6O4. The van der Waals surface area contributed by atoms with Crippen LogP contribution in [-0.4, -0.2) is 61.9 Å². The highest BCUT2D eigenvalue weighted by Crippen LogP contribution is 2.19. The molecule has 10 heteroatoms. The molecule has 1 atom stereocenters. The van der Waals surface area contributed by atoms with E-state index in [9.17, 15) is 9.59 Å². The Morgan fingerprint density at radius 3 is 2.85 bits per heavy atom. The third kappa shape index (κ3) is 5.63. The summed E-state index contributed by atoms with van der Waals surface area (Å²) in [5.41, 5.74) is 3.69. The van der Waals surface area contributed by atoms with Crippen molar-refractivity contribution in [1.82, 2.24) is 30.1 Å². The molecule has 33 heavy (non-hydrogen) atoms. The van der Waals surface area contributed by atoms with Gasteiger partial charge in [-0.1, -0.05) is 0 Å². The van der Waals surface area contributed by atoms with Crippen LogP contribution in [0.5, 0.6) is 0 Å². The van der Waals surface area contributed by atoms with Gasteiger partial charge in [0.2, 0.25) is 0 Å². The average molecular weight is 455 g/mol. The lowest BCUT2D eigenvalue weighted by atomic mass is 10.0. The molecule has 3 aromatic rings. The smallest absolute Gasteiger partial charge is 0.327 e. The third-order valence-corrected chi connectivity index (χ3v) is 5.97. The van der Waals surface area contributed by atoms with Crippen LogP contribution in [0.3, 0.4) is 0 Å². The first-order valence-corrected chi connectivity index (χ1v) is 11.3. The molecular weight excluding hydrogens is 424 g/mol. The largest absolute Gasteiger partial charge is 0.465 e. The molecule has 0 unspecified atom stereocenters. The molecule has 10 nitrogen and oxygen atoms in total. The van der Waals surface area contributed by atoms with E-state index in [-0.39, 0.29) is 18.2 Å². The van der Waals surface area contributed by atoms with Crippen molar-refractivity contribution >= 4 is 16.9 Å². The molecule has 0 saturated carbocycles. The number of fused-ring (bicyclic) bond motifs is 1. The Hall–Kier alpha value is -3.11. The minimum absolute atomic E-state index is 0.0564. The first-order valence-electron chi connectivity index (χ1n) is 11.3. The van der Waals surface area contributed by atoms with Crippen LogP contribution in [0.2, 0.25) is 0 Å². The van der Waals surface area contributed by atoms with Gasteiger partial charge in [0.15, 0.2) is 5.82 Å². The molecule has 1 aliphatic heterocycles. The van der Waals surface area contributed by atoms with Gasteiger partial charge in [-0.3, -0.25) is 14.5 Å². The second kappa shape index (κ2) is 10.2. The van der Waals surface area contributed by atoms with Gasteiger partial charge in [0.05, 0.1) is 19.3 Å². The fourth-order valence-corrected chi connectivity index (χ4v) is 4.13. The molecule has 176 valence electrons. The highest BCUT2D eigenvalue weighted by molar-refractivity contribution is 5.80. The average Bonchev–Trinajstić information content (AvgIpc) is 3.43. The van der Waals surface area contributed by atoms with Crippen molar-refractivity contribution < 1.29 is 14.3 Å². The number of tetrazole rings is 1. The number of hydrogen-bond donors (Lipinski definition) is 1. The van der Waals surface area contributed by atoms with E-state index in [1.807, 2.05) is 19.1 Å². The number of aryl methyl sites for hydroxylation is 2. The quantitative estimate of drug-likeness (QED) is 0.487. The van der Waals surface area contributed by atoms with Crippen molar-refractivity contribution in [3.05, 3.63) is 51.1 Å². The summed E-state index contributed by atoms with van der Waals surface area (Å²) >= 11 is 0. The zero-order chi connectivity index (χ0) is 23.4. The van der Waals surface area contributed by atoms with Crippen LogP contribution in [0.15, 0.2) is 23.0 Å². The Labute approximate surface area is 191 Å². The van der Waals surface area contributed by atoms with Gasteiger partial charge in [-0.2, -0.15) is 0 Å². The maximum absolute atomic E-state index is 12.9. The van der Waals surface area contributed by atoms with Crippen molar-refractivity contribution in [2.24, 2.45) is 0 Å². The summed E-state index contributed by atoms with van der Waals surface area (Å²) in [4.78, 5) is 29.9. The molecule has 0 spiro atoms. The summed E-state index contributed by atoms with van der Waals surface area (Å²) in [6.07, 6.45) is 2.08. The molecule has 0 bridgehead atoms. The van der Waals surface area contributed by atoms with Crippen LogP contribution in [0, 0.1) is 13.8 Å². The van der Waals surface area contributed by atoms with E-state index in [1.165, 1.54) is 10.2 Å². The summed E-state index contributed by atoms with van der Waals surface area (Å²) < 4.78 is 12.3. The molecule has 0 aliphatic carbocycles. The normalized spacial score (nSPS) is 16.1. The Morgan fingerprint density at radius 1 is 1.27 bits per heavy atom. The number of benzene rings is 1. The summed E-state index contributed by atoms with van der Waals surface area (Å²) in [6, 6.07) is 6.04. The topological polar surface area (TPSA) is 115 Å². The number of rotatable bonds is 9. The van der Waals surface area contributed by atoms with Gasteiger partial charge in [-0.15, -0.1) is 5.10 Å². The predicted molar refractivity (Wildman–Crippen MR) is 122 cm³/mol. The lowest BCUT2D eigenvalue weighted by Gasteiger charge is -2.24. The van der Waals surface area contributed by atoms with Crippen LogP contribution in [-0.2, 0) is 33.9 Å². The molecule has 1 aliphatic rings. The molecule has 3 heterocycles. The van der Waals surface area contributed by atoms with Gasteiger partial charge in [-0.05, 0) is 78.8 Å². The van der Waals surface area contributed by atoms with Crippen molar-refractivity contribution in [2.45, 2.75) is 59.4 Å². The lowest BCUT2D eigenvalue weighted by Crippen LogP contribution is -2.34. The van der Waals surface area contributed by atoms with Gasteiger partial charge in [0, 0.05) is 30.8 Å². The van der Waals surface area contributed by atoms with E-state index in [0.29, 0.717) is 37.6 Å². The zero-order valence-electron chi connectivity index (χ0n) is 19.3. The number of H-pyrrole nitrogens is 1. The van der Waals surface area contributed by atoms with Gasteiger partial charge in [0.1, 0.15) is 6.54 Å². The van der Waals surface area contributed by atoms with Crippen LogP contribution in [0.1, 0.15) is 42.3 Å². The number of carbonyl (C=O) groups excluding carboxylic acids is 1. The number of carbonyl (C=O) groups is 1. The van der Waals surface area contributed by atoms with E-state index < -0.39 is 5.97 Å². The minimum Gasteiger partial charge on any atom is -0.465 e. The molecule has 1 aromatic carbocycles. The first kappa shape index (κ1) is 23.1. The maximum Gasteiger partial charge on any atom is 0.327 e. The number of aromatic amines is 1. The van der Waals surface area contributed by atoms with Crippen LogP contribution < -0.4 is 5.56 Å². The SMILES string of the molecule is CCOC(=O)Cn1nnnc1CN(Cc1cc2cc(C)c(C)cc2[nH]c1=O)C[C@H]1CCCO1. The number of nitrogens with zero attached hydrogens (tertiary/aromatic N) is 5. The standard InChI is InChI=1S/C23H30N6O4/c1-4-32-22(30)14-29-21(25-26-27-29)13-28(12-19-6-5-7-33-19)11-18-10-17-8-15(2)16(3)9-20(17)24-23(18)31/h8-10,19H,4-7,11-14H2,1-3H3,(H,24,31)/t19-/m1/s1. The molecule has 2 aromatic heterocycles. The van der Waals surface area contributed by atoms with Crippen LogP contribution in [0.4, 0.5) is 0 Å². The molecule has 1 saturated heterocycles. The van der Waals surface area contributed by atoms with Crippen molar-refractivity contribution in [2.75, 3.05) is 19.8 Å². The number of ether oxygens (including phenoxy) is 2. The van der Waals surface area contributed by atoms with E-state index in [4.69, 9.17) is 9.47 Å². The highest BCUT2D eigenvalue weighted by Gasteiger charge is 2.23. The molecule has 4 rings (SSSR count). The molecule has 1 N–H and O–H groups in total. The molecule has 0 radical (unpaired) electrons. The number of hydrogen-bond acceptors (Lipinski definition) is 8. The Bertz CT molecular complexity index is 1180. The summed E-state index contributed by atoms with van der Waals surface area (Å²) in [7, 11) is 0. The predicted octanol–water partition coefficient (Wildman–Crippen LogP) is 1.88. The first-order chi connectivity index (χ1) is 15.9. The lowest BCUT2D eigenvalue weighted by molar-refractivity contribution is -0.144. The monoisotopic (exact) mass is 454 g/mol. The van der Waals surface area contributed by atoms with Crippen LogP contribution >= 0.6 is 0 Å². The minimum atomic E-state index is -0.395. The highest BCUT2D eigenvalue weighted by atomic mass is 16.5. The fourth-order valence-electron chi connectivity index (χ4n) is 4.13.